The van der Waals surface area contributed by atoms with Crippen LogP contribution in [0.4, 0.5) is 5.82 Å². The summed E-state index contributed by atoms with van der Waals surface area (Å²) in [4.78, 5) is 18.5. The topological polar surface area (TPSA) is 91.5 Å². The number of β-amino-alcohol motifs (C(OH)–C–C–N with tert-alkyl or cyclic N) is 1. The molecule has 0 bridgehead atoms. The lowest BCUT2D eigenvalue weighted by Crippen LogP contribution is -2.45. The summed E-state index contributed by atoms with van der Waals surface area (Å²) in [5.41, 5.74) is 0.887. The summed E-state index contributed by atoms with van der Waals surface area (Å²) >= 11 is 0. The summed E-state index contributed by atoms with van der Waals surface area (Å²) in [6, 6.07) is 5.72. The Morgan fingerprint density at radius 1 is 1.44 bits per heavy atom. The van der Waals surface area contributed by atoms with Gasteiger partial charge < -0.3 is 19.8 Å². The Bertz CT molecular complexity index is 712. The number of aryl methyl sites for hydroxylation is 2. The second-order valence-electron chi connectivity index (χ2n) is 6.66. The monoisotopic (exact) mass is 344 g/mol. The lowest BCUT2D eigenvalue weighted by atomic mass is 10.0. The third-order valence-corrected chi connectivity index (χ3v) is 4.70. The van der Waals surface area contributed by atoms with Crippen molar-refractivity contribution in [2.24, 2.45) is 0 Å². The van der Waals surface area contributed by atoms with Crippen LogP contribution >= 0.6 is 0 Å². The molecule has 2 aromatic rings. The smallest absolute Gasteiger partial charge is 0.220 e. The number of amides is 1. The molecular weight excluding hydrogens is 320 g/mol. The van der Waals surface area contributed by atoms with Crippen LogP contribution in [0.3, 0.4) is 0 Å². The first-order chi connectivity index (χ1) is 12.0. The number of hydrogen-bond acceptors (Lipinski definition) is 6. The SMILES string of the molecule is Cc1noc(C)c1CCC(=O)NC[C@@]1(O)CCN(c2ccccn2)C1. The highest BCUT2D eigenvalue weighted by Gasteiger charge is 2.36. The molecule has 3 heterocycles. The van der Waals surface area contributed by atoms with Crippen LogP contribution in [0.25, 0.3) is 0 Å². The molecule has 1 fully saturated rings. The summed E-state index contributed by atoms with van der Waals surface area (Å²) in [5.74, 6) is 1.53. The second-order valence-corrected chi connectivity index (χ2v) is 6.66. The molecule has 134 valence electrons. The number of anilines is 1. The molecule has 3 rings (SSSR count). The quantitative estimate of drug-likeness (QED) is 0.822. The zero-order valence-corrected chi connectivity index (χ0v) is 14.7. The van der Waals surface area contributed by atoms with E-state index in [-0.39, 0.29) is 12.5 Å². The normalized spacial score (nSPS) is 20.0. The average Bonchev–Trinajstić information content (AvgIpc) is 3.16. The van der Waals surface area contributed by atoms with Gasteiger partial charge in [-0.25, -0.2) is 4.98 Å². The minimum Gasteiger partial charge on any atom is -0.386 e. The van der Waals surface area contributed by atoms with Crippen molar-refractivity contribution in [3.8, 4) is 0 Å². The summed E-state index contributed by atoms with van der Waals surface area (Å²) in [5, 5.41) is 17.4. The first-order valence-corrected chi connectivity index (χ1v) is 8.54. The van der Waals surface area contributed by atoms with Crippen molar-refractivity contribution in [2.45, 2.75) is 38.7 Å². The molecule has 1 atom stereocenters. The third kappa shape index (κ3) is 4.17. The fourth-order valence-electron chi connectivity index (χ4n) is 3.19. The minimum atomic E-state index is -0.920. The van der Waals surface area contributed by atoms with E-state index < -0.39 is 5.60 Å². The van der Waals surface area contributed by atoms with Crippen molar-refractivity contribution in [1.82, 2.24) is 15.5 Å². The van der Waals surface area contributed by atoms with E-state index in [2.05, 4.69) is 15.5 Å². The van der Waals surface area contributed by atoms with Crippen molar-refractivity contribution < 1.29 is 14.4 Å². The summed E-state index contributed by atoms with van der Waals surface area (Å²) < 4.78 is 5.11. The fraction of sp³-hybridized carbons (Fsp3) is 0.500. The third-order valence-electron chi connectivity index (χ3n) is 4.70. The molecule has 0 radical (unpaired) electrons. The van der Waals surface area contributed by atoms with Gasteiger partial charge in [0, 0.05) is 37.8 Å². The van der Waals surface area contributed by atoms with Crippen LogP contribution in [0, 0.1) is 13.8 Å². The number of hydrogen-bond donors (Lipinski definition) is 2. The first kappa shape index (κ1) is 17.4. The average molecular weight is 344 g/mol. The largest absolute Gasteiger partial charge is 0.386 e. The highest BCUT2D eigenvalue weighted by molar-refractivity contribution is 5.76. The van der Waals surface area contributed by atoms with Gasteiger partial charge in [-0.1, -0.05) is 11.2 Å². The molecule has 0 aliphatic carbocycles. The Labute approximate surface area is 147 Å². The van der Waals surface area contributed by atoms with Crippen molar-refractivity contribution in [1.29, 1.82) is 0 Å². The minimum absolute atomic E-state index is 0.0790. The van der Waals surface area contributed by atoms with Crippen LogP contribution in [0.15, 0.2) is 28.9 Å². The predicted molar refractivity (Wildman–Crippen MR) is 93.3 cm³/mol. The number of nitrogens with zero attached hydrogens (tertiary/aromatic N) is 3. The number of aromatic nitrogens is 2. The Morgan fingerprint density at radius 2 is 2.28 bits per heavy atom. The molecule has 7 nitrogen and oxygen atoms in total. The van der Waals surface area contributed by atoms with E-state index in [4.69, 9.17) is 4.52 Å². The summed E-state index contributed by atoms with van der Waals surface area (Å²) in [6.45, 7) is 5.16. The van der Waals surface area contributed by atoms with Gasteiger partial charge in [-0.15, -0.1) is 0 Å². The Kier molecular flexibility index (Phi) is 5.03. The number of carbonyl (C=O) groups is 1. The van der Waals surface area contributed by atoms with E-state index in [1.165, 1.54) is 0 Å². The number of rotatable bonds is 6. The lowest BCUT2D eigenvalue weighted by molar-refractivity contribution is -0.122. The second kappa shape index (κ2) is 7.23. The Balaban J connectivity index is 1.47. The maximum absolute atomic E-state index is 12.1. The van der Waals surface area contributed by atoms with Gasteiger partial charge in [-0.3, -0.25) is 4.79 Å². The maximum Gasteiger partial charge on any atom is 0.220 e. The van der Waals surface area contributed by atoms with Gasteiger partial charge in [-0.05, 0) is 38.8 Å². The van der Waals surface area contributed by atoms with E-state index in [0.717, 1.165) is 29.4 Å². The summed E-state index contributed by atoms with van der Waals surface area (Å²) in [7, 11) is 0. The summed E-state index contributed by atoms with van der Waals surface area (Å²) in [6.07, 6.45) is 3.28. The molecule has 0 unspecified atom stereocenters. The Hall–Kier alpha value is -2.41. The molecular formula is C18H24N4O3. The molecule has 1 aliphatic heterocycles. The van der Waals surface area contributed by atoms with E-state index in [9.17, 15) is 9.90 Å². The van der Waals surface area contributed by atoms with Gasteiger partial charge in [0.25, 0.3) is 0 Å². The van der Waals surface area contributed by atoms with Gasteiger partial charge in [0.15, 0.2) is 0 Å². The molecule has 7 heteroatoms. The standard InChI is InChI=1S/C18H24N4O3/c1-13-15(14(2)25-21-13)6-7-17(23)20-11-18(24)8-10-22(12-18)16-5-3-4-9-19-16/h3-5,9,24H,6-8,10-12H2,1-2H3,(H,20,23)/t18-/m0/s1. The van der Waals surface area contributed by atoms with Gasteiger partial charge >= 0.3 is 0 Å². The van der Waals surface area contributed by atoms with E-state index in [0.29, 0.717) is 25.8 Å². The molecule has 0 aromatic carbocycles. The van der Waals surface area contributed by atoms with E-state index in [1.54, 1.807) is 6.20 Å². The zero-order chi connectivity index (χ0) is 17.9. The molecule has 0 spiro atoms. The first-order valence-electron chi connectivity index (χ1n) is 8.54. The van der Waals surface area contributed by atoms with E-state index in [1.807, 2.05) is 36.9 Å². The van der Waals surface area contributed by atoms with Crippen LogP contribution < -0.4 is 10.2 Å². The zero-order valence-electron chi connectivity index (χ0n) is 14.7. The van der Waals surface area contributed by atoms with Crippen molar-refractivity contribution in [3.63, 3.8) is 0 Å². The highest BCUT2D eigenvalue weighted by Crippen LogP contribution is 2.24. The van der Waals surface area contributed by atoms with Gasteiger partial charge in [-0.2, -0.15) is 0 Å². The molecule has 2 N–H and O–H groups in total. The van der Waals surface area contributed by atoms with Crippen LogP contribution in [0.1, 0.15) is 29.9 Å². The van der Waals surface area contributed by atoms with Crippen molar-refractivity contribution >= 4 is 11.7 Å². The molecule has 1 amide bonds. The number of carbonyl (C=O) groups excluding carboxylic acids is 1. The molecule has 0 saturated carbocycles. The number of nitrogens with one attached hydrogen (secondary N) is 1. The fourth-order valence-corrected chi connectivity index (χ4v) is 3.19. The lowest BCUT2D eigenvalue weighted by Gasteiger charge is -2.24. The van der Waals surface area contributed by atoms with Crippen molar-refractivity contribution in [2.75, 3.05) is 24.5 Å². The number of aliphatic hydroxyl groups is 1. The highest BCUT2D eigenvalue weighted by atomic mass is 16.5. The van der Waals surface area contributed by atoms with Crippen LogP contribution in [-0.4, -0.2) is 46.4 Å². The van der Waals surface area contributed by atoms with E-state index >= 15 is 0 Å². The Morgan fingerprint density at radius 3 is 2.96 bits per heavy atom. The maximum atomic E-state index is 12.1. The van der Waals surface area contributed by atoms with Crippen LogP contribution in [0.2, 0.25) is 0 Å². The molecule has 1 saturated heterocycles. The van der Waals surface area contributed by atoms with Crippen LogP contribution in [0.5, 0.6) is 0 Å². The predicted octanol–water partition coefficient (Wildman–Crippen LogP) is 1.38. The van der Waals surface area contributed by atoms with Crippen molar-refractivity contribution in [3.05, 3.63) is 41.4 Å². The molecule has 1 aliphatic rings. The molecule has 25 heavy (non-hydrogen) atoms. The van der Waals surface area contributed by atoms with Gasteiger partial charge in [0.1, 0.15) is 17.2 Å². The van der Waals surface area contributed by atoms with Gasteiger partial charge in [0.05, 0.1) is 5.69 Å². The molecule has 2 aromatic heterocycles. The van der Waals surface area contributed by atoms with Crippen LogP contribution in [-0.2, 0) is 11.2 Å². The number of pyridine rings is 1. The van der Waals surface area contributed by atoms with Gasteiger partial charge in [0.2, 0.25) is 5.91 Å².